The summed E-state index contributed by atoms with van der Waals surface area (Å²) in [5.74, 6) is 2.15. The molecule has 5 nitrogen and oxygen atoms in total. The van der Waals surface area contributed by atoms with Gasteiger partial charge >= 0.3 is 0 Å². The lowest BCUT2D eigenvalue weighted by atomic mass is 10.2. The molecular weight excluding hydrogens is 298 g/mol. The zero-order valence-corrected chi connectivity index (χ0v) is 13.3. The lowest BCUT2D eigenvalue weighted by Crippen LogP contribution is -2.17. The maximum absolute atomic E-state index is 5.37. The van der Waals surface area contributed by atoms with Crippen molar-refractivity contribution in [1.82, 2.24) is 15.0 Å². The van der Waals surface area contributed by atoms with Gasteiger partial charge in [-0.3, -0.25) is 4.90 Å². The van der Waals surface area contributed by atoms with Crippen molar-refractivity contribution in [1.29, 1.82) is 0 Å². The average Bonchev–Trinajstić information content (AvgIpc) is 3.18. The van der Waals surface area contributed by atoms with Crippen LogP contribution in [-0.4, -0.2) is 29.2 Å². The van der Waals surface area contributed by atoms with Gasteiger partial charge in [-0.25, -0.2) is 0 Å². The molecule has 0 N–H and O–H groups in total. The first kappa shape index (κ1) is 14.7. The van der Waals surface area contributed by atoms with Crippen LogP contribution in [0.2, 0.25) is 0 Å². The molecule has 1 aromatic carbocycles. The average molecular weight is 315 g/mol. The van der Waals surface area contributed by atoms with Gasteiger partial charge in [0.1, 0.15) is 5.75 Å². The van der Waals surface area contributed by atoms with Gasteiger partial charge in [-0.2, -0.15) is 4.98 Å². The van der Waals surface area contributed by atoms with Crippen molar-refractivity contribution in [2.75, 3.05) is 14.2 Å². The standard InChI is InChI=1S/C16H17N3O2S/c1-19(10-12-6-3-4-7-13(12)20-2)11-15-17-16(18-21-15)14-8-5-9-22-14/h3-9H,10-11H2,1-2H3. The number of rotatable bonds is 6. The van der Waals surface area contributed by atoms with E-state index in [1.807, 2.05) is 42.8 Å². The zero-order valence-electron chi connectivity index (χ0n) is 12.5. The molecule has 0 saturated heterocycles. The molecule has 0 spiro atoms. The highest BCUT2D eigenvalue weighted by atomic mass is 32.1. The zero-order chi connectivity index (χ0) is 15.4. The van der Waals surface area contributed by atoms with Crippen molar-refractivity contribution in [3.05, 3.63) is 53.2 Å². The van der Waals surface area contributed by atoms with Crippen molar-refractivity contribution < 1.29 is 9.26 Å². The molecule has 0 aliphatic rings. The molecule has 114 valence electrons. The van der Waals surface area contributed by atoms with Gasteiger partial charge in [0.05, 0.1) is 18.5 Å². The minimum absolute atomic E-state index is 0.594. The van der Waals surface area contributed by atoms with Crippen molar-refractivity contribution in [2.45, 2.75) is 13.1 Å². The number of methoxy groups -OCH3 is 1. The summed E-state index contributed by atoms with van der Waals surface area (Å²) in [5.41, 5.74) is 1.13. The first-order valence-electron chi connectivity index (χ1n) is 6.93. The van der Waals surface area contributed by atoms with Crippen molar-refractivity contribution in [3.63, 3.8) is 0 Å². The van der Waals surface area contributed by atoms with Crippen LogP contribution in [0.25, 0.3) is 10.7 Å². The molecule has 0 saturated carbocycles. The van der Waals surface area contributed by atoms with Crippen molar-refractivity contribution in [2.24, 2.45) is 0 Å². The van der Waals surface area contributed by atoms with Crippen LogP contribution in [0, 0.1) is 0 Å². The SMILES string of the molecule is COc1ccccc1CN(C)Cc1nc(-c2cccs2)no1. The van der Waals surface area contributed by atoms with Gasteiger partial charge in [-0.15, -0.1) is 11.3 Å². The van der Waals surface area contributed by atoms with Gasteiger partial charge in [-0.1, -0.05) is 29.4 Å². The lowest BCUT2D eigenvalue weighted by molar-refractivity contribution is 0.257. The number of hydrogen-bond donors (Lipinski definition) is 0. The number of para-hydroxylation sites is 1. The fourth-order valence-corrected chi connectivity index (χ4v) is 2.89. The molecule has 3 aromatic rings. The second-order valence-electron chi connectivity index (χ2n) is 4.97. The van der Waals surface area contributed by atoms with Crippen molar-refractivity contribution >= 4 is 11.3 Å². The Morgan fingerprint density at radius 3 is 2.82 bits per heavy atom. The third kappa shape index (κ3) is 3.35. The van der Waals surface area contributed by atoms with Gasteiger partial charge in [-0.05, 0) is 24.6 Å². The number of aromatic nitrogens is 2. The fraction of sp³-hybridized carbons (Fsp3) is 0.250. The summed E-state index contributed by atoms with van der Waals surface area (Å²) < 4.78 is 10.7. The summed E-state index contributed by atoms with van der Waals surface area (Å²) in [7, 11) is 3.70. The molecule has 0 aliphatic carbocycles. The van der Waals surface area contributed by atoms with Crippen LogP contribution < -0.4 is 4.74 Å². The largest absolute Gasteiger partial charge is 0.496 e. The molecule has 0 bridgehead atoms. The van der Waals surface area contributed by atoms with Crippen LogP contribution in [0.1, 0.15) is 11.5 Å². The van der Waals surface area contributed by atoms with E-state index in [0.29, 0.717) is 18.3 Å². The minimum Gasteiger partial charge on any atom is -0.496 e. The van der Waals surface area contributed by atoms with Crippen molar-refractivity contribution in [3.8, 4) is 16.5 Å². The predicted octanol–water partition coefficient (Wildman–Crippen LogP) is 3.44. The van der Waals surface area contributed by atoms with Gasteiger partial charge in [0.25, 0.3) is 0 Å². The molecule has 0 atom stereocenters. The Balaban J connectivity index is 1.66. The Hall–Kier alpha value is -2.18. The van der Waals surface area contributed by atoms with E-state index < -0.39 is 0 Å². The monoisotopic (exact) mass is 315 g/mol. The Morgan fingerprint density at radius 2 is 2.05 bits per heavy atom. The molecule has 6 heteroatoms. The highest BCUT2D eigenvalue weighted by Crippen LogP contribution is 2.22. The third-order valence-corrected chi connectivity index (χ3v) is 4.11. The van der Waals surface area contributed by atoms with E-state index in [-0.39, 0.29) is 0 Å². The summed E-state index contributed by atoms with van der Waals surface area (Å²) in [4.78, 5) is 7.57. The molecule has 22 heavy (non-hydrogen) atoms. The third-order valence-electron chi connectivity index (χ3n) is 3.25. The van der Waals surface area contributed by atoms with Gasteiger partial charge < -0.3 is 9.26 Å². The minimum atomic E-state index is 0.594. The second-order valence-corrected chi connectivity index (χ2v) is 5.92. The van der Waals surface area contributed by atoms with Crippen LogP contribution in [0.15, 0.2) is 46.3 Å². The normalized spacial score (nSPS) is 11.0. The number of hydrogen-bond acceptors (Lipinski definition) is 6. The topological polar surface area (TPSA) is 51.4 Å². The lowest BCUT2D eigenvalue weighted by Gasteiger charge is -2.16. The quantitative estimate of drug-likeness (QED) is 0.697. The van der Waals surface area contributed by atoms with E-state index in [4.69, 9.17) is 9.26 Å². The fourth-order valence-electron chi connectivity index (χ4n) is 2.24. The van der Waals surface area contributed by atoms with E-state index in [0.717, 1.165) is 22.7 Å². The van der Waals surface area contributed by atoms with Crippen LogP contribution in [-0.2, 0) is 13.1 Å². The Kier molecular flexibility index (Phi) is 4.50. The molecule has 0 aliphatic heterocycles. The maximum atomic E-state index is 5.37. The number of thiophene rings is 1. The molecule has 0 fully saturated rings. The highest BCUT2D eigenvalue weighted by molar-refractivity contribution is 7.13. The number of nitrogens with zero attached hydrogens (tertiary/aromatic N) is 3. The predicted molar refractivity (Wildman–Crippen MR) is 85.8 cm³/mol. The summed E-state index contributed by atoms with van der Waals surface area (Å²) in [6.45, 7) is 1.34. The number of ether oxygens (including phenoxy) is 1. The molecule has 3 rings (SSSR count). The molecule has 2 aromatic heterocycles. The Bertz CT molecular complexity index is 725. The van der Waals surface area contributed by atoms with Crippen LogP contribution >= 0.6 is 11.3 Å². The van der Waals surface area contributed by atoms with E-state index in [9.17, 15) is 0 Å². The van der Waals surface area contributed by atoms with E-state index in [1.165, 1.54) is 0 Å². The van der Waals surface area contributed by atoms with Gasteiger partial charge in [0, 0.05) is 12.1 Å². The van der Waals surface area contributed by atoms with E-state index >= 15 is 0 Å². The summed E-state index contributed by atoms with van der Waals surface area (Å²) >= 11 is 1.60. The first-order valence-corrected chi connectivity index (χ1v) is 7.81. The van der Waals surface area contributed by atoms with E-state index in [2.05, 4.69) is 21.1 Å². The molecule has 0 unspecified atom stereocenters. The summed E-state index contributed by atoms with van der Waals surface area (Å²) in [5, 5.41) is 6.02. The molecular formula is C16H17N3O2S. The first-order chi connectivity index (χ1) is 10.8. The van der Waals surface area contributed by atoms with Crippen LogP contribution in [0.3, 0.4) is 0 Å². The van der Waals surface area contributed by atoms with E-state index in [1.54, 1.807) is 18.4 Å². The van der Waals surface area contributed by atoms with Gasteiger partial charge in [0.15, 0.2) is 0 Å². The van der Waals surface area contributed by atoms with Crippen LogP contribution in [0.5, 0.6) is 5.75 Å². The smallest absolute Gasteiger partial charge is 0.241 e. The van der Waals surface area contributed by atoms with Crippen LogP contribution in [0.4, 0.5) is 0 Å². The summed E-state index contributed by atoms with van der Waals surface area (Å²) in [6.07, 6.45) is 0. The second kappa shape index (κ2) is 6.72. The molecule has 0 amide bonds. The Morgan fingerprint density at radius 1 is 1.18 bits per heavy atom. The Labute approximate surface area is 133 Å². The molecule has 2 heterocycles. The maximum Gasteiger partial charge on any atom is 0.241 e. The van der Waals surface area contributed by atoms with Gasteiger partial charge in [0.2, 0.25) is 11.7 Å². The number of benzene rings is 1. The summed E-state index contributed by atoms with van der Waals surface area (Å²) in [6, 6.07) is 12.0. The molecule has 0 radical (unpaired) electrons. The highest BCUT2D eigenvalue weighted by Gasteiger charge is 2.12.